The van der Waals surface area contributed by atoms with Crippen LogP contribution in [0.1, 0.15) is 19.8 Å². The zero-order chi connectivity index (χ0) is 9.40. The van der Waals surface area contributed by atoms with Crippen molar-refractivity contribution in [3.05, 3.63) is 12.3 Å². The summed E-state index contributed by atoms with van der Waals surface area (Å²) in [5.74, 6) is -0.961. The molecule has 0 heterocycles. The Morgan fingerprint density at radius 3 is 2.83 bits per heavy atom. The molecule has 0 aliphatic rings. The quantitative estimate of drug-likeness (QED) is 0.506. The van der Waals surface area contributed by atoms with Crippen LogP contribution in [0.2, 0.25) is 0 Å². The van der Waals surface area contributed by atoms with Crippen LogP contribution in [0.5, 0.6) is 0 Å². The van der Waals surface area contributed by atoms with Crippen molar-refractivity contribution in [1.82, 2.24) is 5.32 Å². The van der Waals surface area contributed by atoms with Crippen LogP contribution in [0.15, 0.2) is 12.3 Å². The molecule has 0 saturated carbocycles. The van der Waals surface area contributed by atoms with Crippen LogP contribution >= 0.6 is 0 Å². The van der Waals surface area contributed by atoms with E-state index in [9.17, 15) is 4.79 Å². The number of carboxylic acids is 1. The maximum Gasteiger partial charge on any atom is 0.329 e. The van der Waals surface area contributed by atoms with Crippen molar-refractivity contribution in [2.24, 2.45) is 0 Å². The lowest BCUT2D eigenvalue weighted by Crippen LogP contribution is -2.20. The number of nitrogens with one attached hydrogen (secondary N) is 1. The van der Waals surface area contributed by atoms with Crippen LogP contribution in [0.3, 0.4) is 0 Å². The van der Waals surface area contributed by atoms with Gasteiger partial charge in [-0.15, -0.1) is 0 Å². The molecular weight excluding hydrogens is 158 g/mol. The first-order valence-corrected chi connectivity index (χ1v) is 3.93. The average molecular weight is 173 g/mol. The van der Waals surface area contributed by atoms with Crippen molar-refractivity contribution in [3.8, 4) is 0 Å². The average Bonchev–Trinajstić information content (AvgIpc) is 2.00. The molecule has 0 rings (SSSR count). The molecule has 70 valence electrons. The Bertz CT molecular complexity index is 156. The number of carbonyl (C=O) groups is 1. The summed E-state index contributed by atoms with van der Waals surface area (Å²) in [7, 11) is 0. The van der Waals surface area contributed by atoms with Gasteiger partial charge >= 0.3 is 5.97 Å². The topological polar surface area (TPSA) is 69.6 Å². The molecule has 0 amide bonds. The van der Waals surface area contributed by atoms with Gasteiger partial charge in [-0.25, -0.2) is 4.79 Å². The summed E-state index contributed by atoms with van der Waals surface area (Å²) in [6, 6.07) is 0.202. The minimum atomic E-state index is -0.961. The van der Waals surface area contributed by atoms with Crippen LogP contribution in [0.25, 0.3) is 0 Å². The van der Waals surface area contributed by atoms with E-state index in [0.717, 1.165) is 18.9 Å². The smallest absolute Gasteiger partial charge is 0.329 e. The Labute approximate surface area is 71.9 Å². The van der Waals surface area contributed by atoms with Crippen LogP contribution in [0, 0.1) is 0 Å². The van der Waals surface area contributed by atoms with Crippen molar-refractivity contribution in [2.75, 3.05) is 6.61 Å². The molecule has 0 aliphatic heterocycles. The van der Waals surface area contributed by atoms with Crippen LogP contribution in [-0.2, 0) is 4.79 Å². The number of aliphatic hydroxyl groups is 1. The summed E-state index contributed by atoms with van der Waals surface area (Å²) >= 11 is 0. The third-order valence-corrected chi connectivity index (χ3v) is 1.40. The molecule has 4 nitrogen and oxygen atoms in total. The van der Waals surface area contributed by atoms with E-state index in [0.29, 0.717) is 0 Å². The SMILES string of the molecule is CC(CCCO)N/C=C/C(=O)O. The monoisotopic (exact) mass is 173 g/mol. The third-order valence-electron chi connectivity index (χ3n) is 1.40. The first kappa shape index (κ1) is 11.0. The molecule has 4 heteroatoms. The maximum atomic E-state index is 10.0. The molecule has 0 bridgehead atoms. The second-order valence-electron chi connectivity index (χ2n) is 2.61. The first-order valence-electron chi connectivity index (χ1n) is 3.93. The zero-order valence-electron chi connectivity index (χ0n) is 7.16. The van der Waals surface area contributed by atoms with Gasteiger partial charge in [-0.2, -0.15) is 0 Å². The van der Waals surface area contributed by atoms with Gasteiger partial charge in [0.05, 0.1) is 0 Å². The van der Waals surface area contributed by atoms with Crippen LogP contribution in [0.4, 0.5) is 0 Å². The summed E-state index contributed by atoms with van der Waals surface area (Å²) in [6.07, 6.45) is 4.02. The van der Waals surface area contributed by atoms with Gasteiger partial charge in [-0.1, -0.05) is 0 Å². The van der Waals surface area contributed by atoms with Crippen molar-refractivity contribution >= 4 is 5.97 Å². The second-order valence-corrected chi connectivity index (χ2v) is 2.61. The van der Waals surface area contributed by atoms with Gasteiger partial charge in [-0.05, 0) is 19.8 Å². The van der Waals surface area contributed by atoms with Crippen molar-refractivity contribution < 1.29 is 15.0 Å². The van der Waals surface area contributed by atoms with Crippen molar-refractivity contribution in [2.45, 2.75) is 25.8 Å². The fourth-order valence-corrected chi connectivity index (χ4v) is 0.764. The summed E-state index contributed by atoms with van der Waals surface area (Å²) in [5.41, 5.74) is 0. The largest absolute Gasteiger partial charge is 0.478 e. The lowest BCUT2D eigenvalue weighted by molar-refractivity contribution is -0.131. The number of aliphatic hydroxyl groups excluding tert-OH is 1. The van der Waals surface area contributed by atoms with E-state index in [1.807, 2.05) is 6.92 Å². The molecule has 0 saturated heterocycles. The van der Waals surface area contributed by atoms with E-state index in [1.54, 1.807) is 0 Å². The molecule has 0 aromatic carbocycles. The maximum absolute atomic E-state index is 10.0. The van der Waals surface area contributed by atoms with Crippen molar-refractivity contribution in [3.63, 3.8) is 0 Å². The standard InChI is InChI=1S/C8H15NO3/c1-7(3-2-6-10)9-5-4-8(11)12/h4-5,7,9-10H,2-3,6H2,1H3,(H,11,12)/b5-4+. The number of rotatable bonds is 6. The highest BCUT2D eigenvalue weighted by Crippen LogP contribution is 1.94. The van der Waals surface area contributed by atoms with Gasteiger partial charge in [-0.3, -0.25) is 0 Å². The predicted octanol–water partition coefficient (Wildman–Crippen LogP) is 0.335. The molecule has 0 aromatic rings. The molecule has 12 heavy (non-hydrogen) atoms. The minimum Gasteiger partial charge on any atom is -0.478 e. The Morgan fingerprint density at radius 1 is 1.67 bits per heavy atom. The third kappa shape index (κ3) is 7.08. The highest BCUT2D eigenvalue weighted by Gasteiger charge is 1.96. The fourth-order valence-electron chi connectivity index (χ4n) is 0.764. The molecule has 0 radical (unpaired) electrons. The van der Waals surface area contributed by atoms with Crippen LogP contribution in [-0.4, -0.2) is 28.8 Å². The minimum absolute atomic E-state index is 0.175. The second kappa shape index (κ2) is 6.67. The number of aliphatic carboxylic acids is 1. The van der Waals surface area contributed by atoms with Crippen LogP contribution < -0.4 is 5.32 Å². The Hall–Kier alpha value is -1.03. The van der Waals surface area contributed by atoms with Gasteiger partial charge in [0.1, 0.15) is 0 Å². The van der Waals surface area contributed by atoms with E-state index in [2.05, 4.69) is 5.32 Å². The first-order chi connectivity index (χ1) is 5.66. The number of carboxylic acid groups (broad SMARTS) is 1. The molecule has 0 aromatic heterocycles. The van der Waals surface area contributed by atoms with E-state index < -0.39 is 5.97 Å². The molecule has 0 aliphatic carbocycles. The van der Waals surface area contributed by atoms with Crippen molar-refractivity contribution in [1.29, 1.82) is 0 Å². The molecule has 1 unspecified atom stereocenters. The van der Waals surface area contributed by atoms with E-state index in [-0.39, 0.29) is 12.6 Å². The highest BCUT2D eigenvalue weighted by molar-refractivity contribution is 5.79. The molecule has 1 atom stereocenters. The Morgan fingerprint density at radius 2 is 2.33 bits per heavy atom. The van der Waals surface area contributed by atoms with Gasteiger partial charge in [0.15, 0.2) is 0 Å². The Kier molecular flexibility index (Phi) is 6.09. The molecule has 0 spiro atoms. The van der Waals surface area contributed by atoms with E-state index >= 15 is 0 Å². The van der Waals surface area contributed by atoms with Gasteiger partial charge in [0, 0.05) is 24.9 Å². The summed E-state index contributed by atoms with van der Waals surface area (Å²) in [5, 5.41) is 19.6. The fraction of sp³-hybridized carbons (Fsp3) is 0.625. The lowest BCUT2D eigenvalue weighted by atomic mass is 10.2. The van der Waals surface area contributed by atoms with Gasteiger partial charge < -0.3 is 15.5 Å². The molecule has 3 N–H and O–H groups in total. The zero-order valence-corrected chi connectivity index (χ0v) is 7.16. The van der Waals surface area contributed by atoms with E-state index in [4.69, 9.17) is 10.2 Å². The number of hydrogen-bond donors (Lipinski definition) is 3. The summed E-state index contributed by atoms with van der Waals surface area (Å²) < 4.78 is 0. The van der Waals surface area contributed by atoms with Gasteiger partial charge in [0.25, 0.3) is 0 Å². The van der Waals surface area contributed by atoms with Gasteiger partial charge in [0.2, 0.25) is 0 Å². The predicted molar refractivity (Wildman–Crippen MR) is 45.7 cm³/mol. The highest BCUT2D eigenvalue weighted by atomic mass is 16.4. The van der Waals surface area contributed by atoms with E-state index in [1.165, 1.54) is 6.20 Å². The molecule has 0 fully saturated rings. The summed E-state index contributed by atoms with van der Waals surface area (Å²) in [4.78, 5) is 10.0. The molecular formula is C8H15NO3. The normalized spacial score (nSPS) is 13.2. The number of hydrogen-bond acceptors (Lipinski definition) is 3. The Balaban J connectivity index is 3.42. The summed E-state index contributed by atoms with van der Waals surface area (Å²) in [6.45, 7) is 2.11. The lowest BCUT2D eigenvalue weighted by Gasteiger charge is -2.09.